The minimum absolute atomic E-state index is 0.161. The summed E-state index contributed by atoms with van der Waals surface area (Å²) in [6.07, 6.45) is 2.38. The molecule has 3 nitrogen and oxygen atoms in total. The Bertz CT molecular complexity index is 759. The summed E-state index contributed by atoms with van der Waals surface area (Å²) < 4.78 is 0. The van der Waals surface area contributed by atoms with Gasteiger partial charge in [-0.05, 0) is 36.3 Å². The van der Waals surface area contributed by atoms with Gasteiger partial charge in [0.2, 0.25) is 0 Å². The van der Waals surface area contributed by atoms with Crippen molar-refractivity contribution in [2.24, 2.45) is 5.10 Å². The average Bonchev–Trinajstić information content (AvgIpc) is 2.52. The van der Waals surface area contributed by atoms with Gasteiger partial charge < -0.3 is 0 Å². The second kappa shape index (κ2) is 6.16. The fourth-order valence-electron chi connectivity index (χ4n) is 2.28. The van der Waals surface area contributed by atoms with E-state index in [4.69, 9.17) is 11.6 Å². The monoisotopic (exact) mass is 310 g/mol. The molecule has 2 aromatic rings. The number of carbonyl (C=O) groups is 1. The maximum atomic E-state index is 12.0. The van der Waals surface area contributed by atoms with Crippen LogP contribution in [0.15, 0.2) is 59.2 Å². The lowest BCUT2D eigenvalue weighted by Gasteiger charge is -2.15. The molecule has 1 aliphatic rings. The lowest BCUT2D eigenvalue weighted by molar-refractivity contribution is -0.117. The third kappa shape index (κ3) is 3.26. The Labute approximate surface area is 134 Å². The molecule has 1 heterocycles. The van der Waals surface area contributed by atoms with Gasteiger partial charge in [0.15, 0.2) is 0 Å². The number of aryl methyl sites for hydroxylation is 1. The Morgan fingerprint density at radius 3 is 2.45 bits per heavy atom. The summed E-state index contributed by atoms with van der Waals surface area (Å²) in [5, 5.41) is 4.85. The molecule has 0 aliphatic carbocycles. The van der Waals surface area contributed by atoms with Gasteiger partial charge in [0.05, 0.1) is 5.71 Å². The molecule has 0 atom stereocenters. The number of halogens is 1. The molecule has 0 bridgehead atoms. The molecule has 0 spiro atoms. The lowest BCUT2D eigenvalue weighted by Crippen LogP contribution is -2.28. The number of hydrogen-bond donors (Lipinski definition) is 1. The molecule has 2 aromatic carbocycles. The fraction of sp³-hybridized carbons (Fsp3) is 0.111. The molecule has 1 amide bonds. The van der Waals surface area contributed by atoms with Crippen LogP contribution in [0.4, 0.5) is 0 Å². The highest BCUT2D eigenvalue weighted by atomic mass is 35.5. The standard InChI is InChI=1S/C18H15ClN2O/c1-12-2-6-14(7-3-12)17-11-15(18(22)21-20-17)10-13-4-8-16(19)9-5-13/h2-10H,11H2,1H3,(H,21,22)/b15-10+. The van der Waals surface area contributed by atoms with E-state index in [1.165, 1.54) is 5.56 Å². The van der Waals surface area contributed by atoms with Gasteiger partial charge in [-0.1, -0.05) is 53.6 Å². The fourth-order valence-corrected chi connectivity index (χ4v) is 2.41. The van der Waals surface area contributed by atoms with E-state index < -0.39 is 0 Å². The molecule has 4 heteroatoms. The molecule has 1 aliphatic heterocycles. The van der Waals surface area contributed by atoms with Crippen molar-refractivity contribution in [2.75, 3.05) is 0 Å². The lowest BCUT2D eigenvalue weighted by atomic mass is 9.98. The molecule has 0 unspecified atom stereocenters. The van der Waals surface area contributed by atoms with Crippen LogP contribution in [-0.2, 0) is 4.79 Å². The van der Waals surface area contributed by atoms with Crippen LogP contribution in [0.2, 0.25) is 5.02 Å². The van der Waals surface area contributed by atoms with Crippen molar-refractivity contribution in [3.63, 3.8) is 0 Å². The van der Waals surface area contributed by atoms with Gasteiger partial charge in [-0.15, -0.1) is 0 Å². The highest BCUT2D eigenvalue weighted by molar-refractivity contribution is 6.30. The summed E-state index contributed by atoms with van der Waals surface area (Å²) in [5.74, 6) is -0.161. The van der Waals surface area contributed by atoms with E-state index in [-0.39, 0.29) is 5.91 Å². The second-order valence-corrected chi connectivity index (χ2v) is 5.70. The molecule has 1 N–H and O–H groups in total. The third-order valence-corrected chi connectivity index (χ3v) is 3.79. The quantitative estimate of drug-likeness (QED) is 0.838. The average molecular weight is 311 g/mol. The molecular formula is C18H15ClN2O. The number of rotatable bonds is 2. The Morgan fingerprint density at radius 2 is 1.77 bits per heavy atom. The molecule has 110 valence electrons. The van der Waals surface area contributed by atoms with Crippen LogP contribution in [0.3, 0.4) is 0 Å². The molecule has 0 saturated heterocycles. The maximum Gasteiger partial charge on any atom is 0.267 e. The molecule has 0 aromatic heterocycles. The van der Waals surface area contributed by atoms with Crippen molar-refractivity contribution < 1.29 is 4.79 Å². The molecule has 3 rings (SSSR count). The van der Waals surface area contributed by atoms with E-state index in [1.807, 2.05) is 61.5 Å². The van der Waals surface area contributed by atoms with E-state index >= 15 is 0 Å². The van der Waals surface area contributed by atoms with E-state index in [0.29, 0.717) is 17.0 Å². The van der Waals surface area contributed by atoms with Gasteiger partial charge in [0.1, 0.15) is 0 Å². The van der Waals surface area contributed by atoms with Gasteiger partial charge >= 0.3 is 0 Å². The molecule has 0 fully saturated rings. The van der Waals surface area contributed by atoms with Crippen LogP contribution in [-0.4, -0.2) is 11.6 Å². The highest BCUT2D eigenvalue weighted by Gasteiger charge is 2.19. The number of benzene rings is 2. The van der Waals surface area contributed by atoms with Crippen LogP contribution in [0.5, 0.6) is 0 Å². The largest absolute Gasteiger partial charge is 0.268 e. The van der Waals surface area contributed by atoms with E-state index in [0.717, 1.165) is 16.8 Å². The summed E-state index contributed by atoms with van der Waals surface area (Å²) in [6, 6.07) is 15.5. The number of nitrogens with one attached hydrogen (secondary N) is 1. The van der Waals surface area contributed by atoms with Crippen molar-refractivity contribution >= 4 is 29.3 Å². The van der Waals surface area contributed by atoms with Crippen LogP contribution in [0.25, 0.3) is 6.08 Å². The Balaban J connectivity index is 1.87. The van der Waals surface area contributed by atoms with Crippen molar-refractivity contribution in [1.29, 1.82) is 0 Å². The van der Waals surface area contributed by atoms with Crippen LogP contribution in [0.1, 0.15) is 23.1 Å². The van der Waals surface area contributed by atoms with Crippen molar-refractivity contribution in [2.45, 2.75) is 13.3 Å². The summed E-state index contributed by atoms with van der Waals surface area (Å²) in [7, 11) is 0. The molecule has 22 heavy (non-hydrogen) atoms. The highest BCUT2D eigenvalue weighted by Crippen LogP contribution is 2.19. The zero-order valence-electron chi connectivity index (χ0n) is 12.1. The normalized spacial score (nSPS) is 16.4. The first-order valence-electron chi connectivity index (χ1n) is 7.02. The van der Waals surface area contributed by atoms with Crippen LogP contribution >= 0.6 is 11.6 Å². The molecule has 0 saturated carbocycles. The second-order valence-electron chi connectivity index (χ2n) is 5.26. The molecule has 0 radical (unpaired) electrons. The van der Waals surface area contributed by atoms with E-state index in [1.54, 1.807) is 0 Å². The van der Waals surface area contributed by atoms with Crippen LogP contribution < -0.4 is 5.43 Å². The zero-order chi connectivity index (χ0) is 15.5. The number of hydrogen-bond acceptors (Lipinski definition) is 2. The van der Waals surface area contributed by atoms with E-state index in [2.05, 4.69) is 10.5 Å². The van der Waals surface area contributed by atoms with Crippen molar-refractivity contribution in [3.05, 3.63) is 75.8 Å². The Kier molecular flexibility index (Phi) is 4.07. The van der Waals surface area contributed by atoms with Gasteiger partial charge in [0.25, 0.3) is 5.91 Å². The minimum Gasteiger partial charge on any atom is -0.268 e. The molecular weight excluding hydrogens is 296 g/mol. The van der Waals surface area contributed by atoms with Gasteiger partial charge in [-0.3, -0.25) is 4.79 Å². The predicted octanol–water partition coefficient (Wildman–Crippen LogP) is 3.96. The number of amides is 1. The van der Waals surface area contributed by atoms with E-state index in [9.17, 15) is 4.79 Å². The Morgan fingerprint density at radius 1 is 1.09 bits per heavy atom. The Hall–Kier alpha value is -2.39. The first kappa shape index (κ1) is 14.5. The maximum absolute atomic E-state index is 12.0. The van der Waals surface area contributed by atoms with Gasteiger partial charge in [0, 0.05) is 17.0 Å². The summed E-state index contributed by atoms with van der Waals surface area (Å²) in [5.41, 5.74) is 7.29. The summed E-state index contributed by atoms with van der Waals surface area (Å²) in [6.45, 7) is 2.04. The SMILES string of the molecule is Cc1ccc(C2=NNC(=O)/C(=C/c3ccc(Cl)cc3)C2)cc1. The van der Waals surface area contributed by atoms with Crippen molar-refractivity contribution in [1.82, 2.24) is 5.43 Å². The number of carbonyl (C=O) groups excluding carboxylic acids is 1. The van der Waals surface area contributed by atoms with Crippen molar-refractivity contribution in [3.8, 4) is 0 Å². The summed E-state index contributed by atoms with van der Waals surface area (Å²) in [4.78, 5) is 12.0. The van der Waals surface area contributed by atoms with Crippen LogP contribution in [0, 0.1) is 6.92 Å². The predicted molar refractivity (Wildman–Crippen MR) is 89.9 cm³/mol. The zero-order valence-corrected chi connectivity index (χ0v) is 12.9. The topological polar surface area (TPSA) is 41.5 Å². The summed E-state index contributed by atoms with van der Waals surface area (Å²) >= 11 is 5.88. The van der Waals surface area contributed by atoms with Gasteiger partial charge in [-0.25, -0.2) is 5.43 Å². The number of hydrazone groups is 1. The number of nitrogens with zero attached hydrogens (tertiary/aromatic N) is 1. The van der Waals surface area contributed by atoms with Gasteiger partial charge in [-0.2, -0.15) is 5.10 Å². The smallest absolute Gasteiger partial charge is 0.267 e. The first-order valence-corrected chi connectivity index (χ1v) is 7.40. The third-order valence-electron chi connectivity index (χ3n) is 3.54. The first-order chi connectivity index (χ1) is 10.6. The minimum atomic E-state index is -0.161.